The number of rotatable bonds is 4. The van der Waals surface area contributed by atoms with Crippen LogP contribution in [0.3, 0.4) is 0 Å². The quantitative estimate of drug-likeness (QED) is 0.859. The van der Waals surface area contributed by atoms with Crippen LogP contribution in [0.5, 0.6) is 0 Å². The molecule has 18 heavy (non-hydrogen) atoms. The summed E-state index contributed by atoms with van der Waals surface area (Å²) in [5.41, 5.74) is 0. The van der Waals surface area contributed by atoms with Gasteiger partial charge in [-0.2, -0.15) is 0 Å². The highest BCUT2D eigenvalue weighted by atomic mass is 32.2. The lowest BCUT2D eigenvalue weighted by molar-refractivity contribution is -0.142. The molecule has 1 fully saturated rings. The standard InChI is InChI=1S/C11H15NO5S/c13-11(14)8-3-5-9(6-4-8)12-18(15,16)10-2-1-7-17-10/h1-2,7-9,12H,3-6H2,(H,13,14). The number of furan rings is 1. The molecule has 0 saturated heterocycles. The molecular formula is C11H15NO5S. The van der Waals surface area contributed by atoms with Gasteiger partial charge in [0.25, 0.3) is 10.0 Å². The van der Waals surface area contributed by atoms with Crippen molar-refractivity contribution in [2.75, 3.05) is 0 Å². The van der Waals surface area contributed by atoms with Gasteiger partial charge < -0.3 is 9.52 Å². The van der Waals surface area contributed by atoms with Gasteiger partial charge >= 0.3 is 5.97 Å². The van der Waals surface area contributed by atoms with E-state index in [2.05, 4.69) is 4.72 Å². The van der Waals surface area contributed by atoms with Gasteiger partial charge in [-0.15, -0.1) is 0 Å². The molecule has 0 atom stereocenters. The first-order valence-electron chi connectivity index (χ1n) is 5.77. The second kappa shape index (κ2) is 5.11. The van der Waals surface area contributed by atoms with Crippen molar-refractivity contribution in [1.29, 1.82) is 0 Å². The van der Waals surface area contributed by atoms with Gasteiger partial charge in [-0.05, 0) is 37.8 Å². The molecule has 0 aromatic carbocycles. The second-order valence-corrected chi connectivity index (χ2v) is 6.09. The Morgan fingerprint density at radius 2 is 2.00 bits per heavy atom. The lowest BCUT2D eigenvalue weighted by atomic mass is 9.87. The van der Waals surface area contributed by atoms with Crippen LogP contribution in [0, 0.1) is 5.92 Å². The van der Waals surface area contributed by atoms with Crippen molar-refractivity contribution in [3.05, 3.63) is 18.4 Å². The summed E-state index contributed by atoms with van der Waals surface area (Å²) in [7, 11) is -3.62. The Kier molecular flexibility index (Phi) is 3.72. The van der Waals surface area contributed by atoms with Crippen molar-refractivity contribution in [2.45, 2.75) is 36.8 Å². The first-order chi connectivity index (χ1) is 8.49. The third-order valence-corrected chi connectivity index (χ3v) is 4.56. The fourth-order valence-corrected chi connectivity index (χ4v) is 3.38. The largest absolute Gasteiger partial charge is 0.481 e. The first kappa shape index (κ1) is 13.1. The number of carbonyl (C=O) groups is 1. The van der Waals surface area contributed by atoms with Gasteiger partial charge in [0.15, 0.2) is 0 Å². The minimum atomic E-state index is -3.62. The number of aliphatic carboxylic acids is 1. The minimum Gasteiger partial charge on any atom is -0.481 e. The summed E-state index contributed by atoms with van der Waals surface area (Å²) in [6.07, 6.45) is 3.38. The third-order valence-electron chi connectivity index (χ3n) is 3.16. The Balaban J connectivity index is 1.94. The van der Waals surface area contributed by atoms with E-state index in [-0.39, 0.29) is 17.1 Å². The van der Waals surface area contributed by atoms with Crippen LogP contribution >= 0.6 is 0 Å². The molecule has 0 radical (unpaired) electrons. The summed E-state index contributed by atoms with van der Waals surface area (Å²) in [5, 5.41) is 8.75. The van der Waals surface area contributed by atoms with Gasteiger partial charge in [0.05, 0.1) is 12.2 Å². The lowest BCUT2D eigenvalue weighted by Gasteiger charge is -2.26. The predicted molar refractivity (Wildman–Crippen MR) is 62.4 cm³/mol. The van der Waals surface area contributed by atoms with Gasteiger partial charge in [0, 0.05) is 6.04 Å². The summed E-state index contributed by atoms with van der Waals surface area (Å²) < 4.78 is 31.1. The maximum atomic E-state index is 11.9. The molecule has 100 valence electrons. The molecule has 0 aliphatic heterocycles. The monoisotopic (exact) mass is 273 g/mol. The van der Waals surface area contributed by atoms with E-state index in [1.165, 1.54) is 18.4 Å². The SMILES string of the molecule is O=C(O)C1CCC(NS(=O)(=O)c2ccco2)CC1. The van der Waals surface area contributed by atoms with Crippen molar-refractivity contribution in [3.8, 4) is 0 Å². The second-order valence-electron chi connectivity index (χ2n) is 4.44. The fourth-order valence-electron chi connectivity index (χ4n) is 2.15. The van der Waals surface area contributed by atoms with E-state index in [9.17, 15) is 13.2 Å². The van der Waals surface area contributed by atoms with Crippen LogP contribution in [0.15, 0.2) is 27.9 Å². The van der Waals surface area contributed by atoms with Crippen LogP contribution in [-0.2, 0) is 14.8 Å². The maximum Gasteiger partial charge on any atom is 0.306 e. The molecule has 6 nitrogen and oxygen atoms in total. The number of nitrogens with one attached hydrogen (secondary N) is 1. The van der Waals surface area contributed by atoms with Crippen molar-refractivity contribution in [3.63, 3.8) is 0 Å². The molecule has 0 unspecified atom stereocenters. The highest BCUT2D eigenvalue weighted by Gasteiger charge is 2.29. The fraction of sp³-hybridized carbons (Fsp3) is 0.545. The number of sulfonamides is 1. The van der Waals surface area contributed by atoms with E-state index in [0.717, 1.165) is 0 Å². The average Bonchev–Trinajstić information content (AvgIpc) is 2.83. The van der Waals surface area contributed by atoms with Crippen LogP contribution in [0.4, 0.5) is 0 Å². The molecule has 1 aromatic rings. The van der Waals surface area contributed by atoms with E-state index in [0.29, 0.717) is 25.7 Å². The van der Waals surface area contributed by atoms with E-state index in [1.54, 1.807) is 0 Å². The van der Waals surface area contributed by atoms with Crippen molar-refractivity contribution >= 4 is 16.0 Å². The van der Waals surface area contributed by atoms with Crippen LogP contribution < -0.4 is 4.72 Å². The van der Waals surface area contributed by atoms with E-state index in [1.807, 2.05) is 0 Å². The van der Waals surface area contributed by atoms with E-state index < -0.39 is 16.0 Å². The molecule has 1 aromatic heterocycles. The summed E-state index contributed by atoms with van der Waals surface area (Å²) in [6.45, 7) is 0. The zero-order valence-electron chi connectivity index (χ0n) is 9.70. The van der Waals surface area contributed by atoms with Crippen LogP contribution in [0.2, 0.25) is 0 Å². The minimum absolute atomic E-state index is 0.108. The molecule has 2 rings (SSSR count). The Hall–Kier alpha value is -1.34. The van der Waals surface area contributed by atoms with Gasteiger partial charge in [0.2, 0.25) is 5.09 Å². The first-order valence-corrected chi connectivity index (χ1v) is 7.26. The van der Waals surface area contributed by atoms with Gasteiger partial charge in [0.1, 0.15) is 0 Å². The molecule has 1 heterocycles. The molecular weight excluding hydrogens is 258 g/mol. The Morgan fingerprint density at radius 1 is 1.33 bits per heavy atom. The molecule has 1 aliphatic carbocycles. The normalized spacial score (nSPS) is 24.9. The topological polar surface area (TPSA) is 96.6 Å². The van der Waals surface area contributed by atoms with Gasteiger partial charge in [-0.1, -0.05) is 0 Å². The molecule has 2 N–H and O–H groups in total. The Bertz CT molecular complexity index is 500. The molecule has 1 aliphatic rings. The summed E-state index contributed by atoms with van der Waals surface area (Å²) >= 11 is 0. The summed E-state index contributed by atoms with van der Waals surface area (Å²) in [6, 6.07) is 2.68. The number of hydrogen-bond acceptors (Lipinski definition) is 4. The molecule has 0 spiro atoms. The van der Waals surface area contributed by atoms with Crippen LogP contribution in [0.25, 0.3) is 0 Å². The maximum absolute atomic E-state index is 11.9. The van der Waals surface area contributed by atoms with Crippen molar-refractivity contribution in [1.82, 2.24) is 4.72 Å². The van der Waals surface area contributed by atoms with Crippen molar-refractivity contribution in [2.24, 2.45) is 5.92 Å². The third kappa shape index (κ3) is 2.91. The smallest absolute Gasteiger partial charge is 0.306 e. The molecule has 7 heteroatoms. The predicted octanol–water partition coefficient (Wildman–Crippen LogP) is 1.20. The number of hydrogen-bond donors (Lipinski definition) is 2. The van der Waals surface area contributed by atoms with Crippen LogP contribution in [-0.4, -0.2) is 25.5 Å². The highest BCUT2D eigenvalue weighted by molar-refractivity contribution is 7.89. The average molecular weight is 273 g/mol. The van der Waals surface area contributed by atoms with Gasteiger partial charge in [-0.25, -0.2) is 13.1 Å². The Labute approximate surface area is 105 Å². The number of carboxylic acid groups (broad SMARTS) is 1. The zero-order valence-corrected chi connectivity index (χ0v) is 10.5. The van der Waals surface area contributed by atoms with Gasteiger partial charge in [-0.3, -0.25) is 4.79 Å². The number of carboxylic acids is 1. The lowest BCUT2D eigenvalue weighted by Crippen LogP contribution is -2.38. The molecule has 1 saturated carbocycles. The van der Waals surface area contributed by atoms with Crippen molar-refractivity contribution < 1.29 is 22.7 Å². The van der Waals surface area contributed by atoms with E-state index >= 15 is 0 Å². The summed E-state index contributed by atoms with van der Waals surface area (Å²) in [4.78, 5) is 10.8. The van der Waals surface area contributed by atoms with Crippen LogP contribution in [0.1, 0.15) is 25.7 Å². The highest BCUT2D eigenvalue weighted by Crippen LogP contribution is 2.25. The molecule has 0 amide bonds. The summed E-state index contributed by atoms with van der Waals surface area (Å²) in [5.74, 6) is -1.16. The Morgan fingerprint density at radius 3 is 2.50 bits per heavy atom. The zero-order chi connectivity index (χ0) is 13.2. The van der Waals surface area contributed by atoms with E-state index in [4.69, 9.17) is 9.52 Å². The molecule has 0 bridgehead atoms.